The largest absolute Gasteiger partial charge is 0.312 e. The minimum absolute atomic E-state index is 0.647. The van der Waals surface area contributed by atoms with Crippen LogP contribution in [0.4, 0.5) is 0 Å². The number of nitrogens with one attached hydrogen (secondary N) is 1. The quantitative estimate of drug-likeness (QED) is 0.561. The summed E-state index contributed by atoms with van der Waals surface area (Å²) in [5.41, 5.74) is 0. The van der Waals surface area contributed by atoms with Gasteiger partial charge in [0, 0.05) is 32.2 Å². The highest BCUT2D eigenvalue weighted by molar-refractivity contribution is 4.80. The molecule has 2 heteroatoms. The van der Waals surface area contributed by atoms with Crippen LogP contribution in [0.15, 0.2) is 12.7 Å². The molecular weight excluding hydrogens is 124 g/mol. The first-order valence-corrected chi connectivity index (χ1v) is 3.89. The van der Waals surface area contributed by atoms with Crippen molar-refractivity contribution in [3.8, 4) is 0 Å². The van der Waals surface area contributed by atoms with E-state index in [1.807, 2.05) is 6.08 Å². The molecule has 0 radical (unpaired) electrons. The number of hydrogen-bond acceptors (Lipinski definition) is 2. The minimum Gasteiger partial charge on any atom is -0.312 e. The molecule has 1 N–H and O–H groups in total. The molecule has 0 spiro atoms. The lowest BCUT2D eigenvalue weighted by atomic mass is 10.2. The molecule has 1 aliphatic heterocycles. The van der Waals surface area contributed by atoms with Crippen LogP contribution in [0, 0.1) is 0 Å². The summed E-state index contributed by atoms with van der Waals surface area (Å²) in [5, 5.41) is 3.39. The first kappa shape index (κ1) is 7.76. The highest BCUT2D eigenvalue weighted by atomic mass is 15.2. The Balaban J connectivity index is 2.24. The SMILES string of the molecule is C=CCN1CCN[C@H](C)C1. The van der Waals surface area contributed by atoms with Crippen molar-refractivity contribution in [3.63, 3.8) is 0 Å². The topological polar surface area (TPSA) is 15.3 Å². The zero-order valence-corrected chi connectivity index (χ0v) is 6.64. The Morgan fingerprint density at radius 3 is 3.20 bits per heavy atom. The van der Waals surface area contributed by atoms with Crippen molar-refractivity contribution in [1.29, 1.82) is 0 Å². The van der Waals surface area contributed by atoms with Gasteiger partial charge in [-0.3, -0.25) is 4.90 Å². The molecule has 10 heavy (non-hydrogen) atoms. The summed E-state index contributed by atoms with van der Waals surface area (Å²) in [7, 11) is 0. The second-order valence-electron chi connectivity index (χ2n) is 2.90. The molecule has 0 aromatic carbocycles. The zero-order valence-electron chi connectivity index (χ0n) is 6.64. The molecule has 1 heterocycles. The molecular formula is C8H16N2. The fourth-order valence-corrected chi connectivity index (χ4v) is 1.36. The summed E-state index contributed by atoms with van der Waals surface area (Å²) >= 11 is 0. The van der Waals surface area contributed by atoms with E-state index in [0.29, 0.717) is 6.04 Å². The Morgan fingerprint density at radius 2 is 2.60 bits per heavy atom. The van der Waals surface area contributed by atoms with E-state index in [1.54, 1.807) is 0 Å². The third-order valence-electron chi connectivity index (χ3n) is 1.84. The van der Waals surface area contributed by atoms with Crippen LogP contribution < -0.4 is 5.32 Å². The Morgan fingerprint density at radius 1 is 1.80 bits per heavy atom. The van der Waals surface area contributed by atoms with Crippen LogP contribution in [0.1, 0.15) is 6.92 Å². The van der Waals surface area contributed by atoms with Crippen molar-refractivity contribution in [3.05, 3.63) is 12.7 Å². The lowest BCUT2D eigenvalue weighted by molar-refractivity contribution is 0.226. The van der Waals surface area contributed by atoms with Crippen LogP contribution in [-0.4, -0.2) is 37.1 Å². The molecule has 0 amide bonds. The van der Waals surface area contributed by atoms with Crippen LogP contribution in [0.25, 0.3) is 0 Å². The second-order valence-corrected chi connectivity index (χ2v) is 2.90. The van der Waals surface area contributed by atoms with E-state index < -0.39 is 0 Å². The smallest absolute Gasteiger partial charge is 0.0167 e. The van der Waals surface area contributed by atoms with Crippen molar-refractivity contribution in [2.24, 2.45) is 0 Å². The Hall–Kier alpha value is -0.340. The van der Waals surface area contributed by atoms with Crippen molar-refractivity contribution in [2.75, 3.05) is 26.2 Å². The summed E-state index contributed by atoms with van der Waals surface area (Å²) in [6.07, 6.45) is 1.97. The van der Waals surface area contributed by atoms with Gasteiger partial charge in [0.05, 0.1) is 0 Å². The van der Waals surface area contributed by atoms with Gasteiger partial charge >= 0.3 is 0 Å². The maximum absolute atomic E-state index is 3.72. The molecule has 58 valence electrons. The summed E-state index contributed by atoms with van der Waals surface area (Å²) < 4.78 is 0. The van der Waals surface area contributed by atoms with Gasteiger partial charge in [-0.15, -0.1) is 6.58 Å². The van der Waals surface area contributed by atoms with Gasteiger partial charge in [-0.05, 0) is 6.92 Å². The van der Waals surface area contributed by atoms with Gasteiger partial charge in [0.1, 0.15) is 0 Å². The van der Waals surface area contributed by atoms with E-state index in [4.69, 9.17) is 0 Å². The number of rotatable bonds is 2. The summed E-state index contributed by atoms with van der Waals surface area (Å²) in [6, 6.07) is 0.647. The van der Waals surface area contributed by atoms with Gasteiger partial charge < -0.3 is 5.32 Å². The van der Waals surface area contributed by atoms with Crippen molar-refractivity contribution in [1.82, 2.24) is 10.2 Å². The Labute approximate surface area is 62.9 Å². The lowest BCUT2D eigenvalue weighted by Gasteiger charge is -2.30. The van der Waals surface area contributed by atoms with E-state index in [0.717, 1.165) is 26.2 Å². The molecule has 1 aliphatic rings. The number of piperazine rings is 1. The third-order valence-corrected chi connectivity index (χ3v) is 1.84. The Bertz CT molecular complexity index is 112. The van der Waals surface area contributed by atoms with Crippen molar-refractivity contribution in [2.45, 2.75) is 13.0 Å². The normalized spacial score (nSPS) is 28.3. The average molecular weight is 140 g/mol. The lowest BCUT2D eigenvalue weighted by Crippen LogP contribution is -2.49. The summed E-state index contributed by atoms with van der Waals surface area (Å²) in [6.45, 7) is 10.4. The van der Waals surface area contributed by atoms with Crippen LogP contribution in [0.5, 0.6) is 0 Å². The molecule has 0 aliphatic carbocycles. The second kappa shape index (κ2) is 3.74. The van der Waals surface area contributed by atoms with E-state index >= 15 is 0 Å². The highest BCUT2D eigenvalue weighted by Crippen LogP contribution is 1.96. The molecule has 0 aromatic heterocycles. The molecule has 1 atom stereocenters. The Kier molecular flexibility index (Phi) is 2.90. The molecule has 2 nitrogen and oxygen atoms in total. The number of hydrogen-bond donors (Lipinski definition) is 1. The monoisotopic (exact) mass is 140 g/mol. The number of nitrogens with zero attached hydrogens (tertiary/aromatic N) is 1. The molecule has 0 unspecified atom stereocenters. The van der Waals surface area contributed by atoms with Crippen LogP contribution >= 0.6 is 0 Å². The average Bonchev–Trinajstić information content (AvgIpc) is 1.88. The highest BCUT2D eigenvalue weighted by Gasteiger charge is 2.12. The molecule has 1 rings (SSSR count). The van der Waals surface area contributed by atoms with E-state index in [9.17, 15) is 0 Å². The molecule has 1 saturated heterocycles. The molecule has 0 bridgehead atoms. The first-order valence-electron chi connectivity index (χ1n) is 3.89. The van der Waals surface area contributed by atoms with Gasteiger partial charge in [0.2, 0.25) is 0 Å². The van der Waals surface area contributed by atoms with Gasteiger partial charge in [0.15, 0.2) is 0 Å². The fourth-order valence-electron chi connectivity index (χ4n) is 1.36. The molecule has 0 aromatic rings. The van der Waals surface area contributed by atoms with E-state index in [2.05, 4.69) is 23.7 Å². The van der Waals surface area contributed by atoms with Gasteiger partial charge in [-0.25, -0.2) is 0 Å². The summed E-state index contributed by atoms with van der Waals surface area (Å²) in [4.78, 5) is 2.41. The van der Waals surface area contributed by atoms with Crippen LogP contribution in [-0.2, 0) is 0 Å². The van der Waals surface area contributed by atoms with Crippen LogP contribution in [0.3, 0.4) is 0 Å². The third kappa shape index (κ3) is 2.12. The van der Waals surface area contributed by atoms with Crippen LogP contribution in [0.2, 0.25) is 0 Å². The van der Waals surface area contributed by atoms with E-state index in [1.165, 1.54) is 0 Å². The maximum atomic E-state index is 3.72. The van der Waals surface area contributed by atoms with Gasteiger partial charge in [-0.2, -0.15) is 0 Å². The standard InChI is InChI=1S/C8H16N2/c1-3-5-10-6-4-9-8(2)7-10/h3,8-9H,1,4-7H2,2H3/t8-/m1/s1. The predicted octanol–water partition coefficient (Wildman–Crippen LogP) is 0.466. The van der Waals surface area contributed by atoms with Crippen molar-refractivity contribution < 1.29 is 0 Å². The first-order chi connectivity index (χ1) is 4.83. The van der Waals surface area contributed by atoms with E-state index in [-0.39, 0.29) is 0 Å². The molecule has 0 saturated carbocycles. The summed E-state index contributed by atoms with van der Waals surface area (Å²) in [5.74, 6) is 0. The van der Waals surface area contributed by atoms with Gasteiger partial charge in [-0.1, -0.05) is 6.08 Å². The fraction of sp³-hybridized carbons (Fsp3) is 0.750. The molecule has 1 fully saturated rings. The van der Waals surface area contributed by atoms with Gasteiger partial charge in [0.25, 0.3) is 0 Å². The minimum atomic E-state index is 0.647. The zero-order chi connectivity index (χ0) is 7.40. The predicted molar refractivity (Wildman–Crippen MR) is 44.1 cm³/mol. The maximum Gasteiger partial charge on any atom is 0.0167 e. The van der Waals surface area contributed by atoms with Crippen molar-refractivity contribution >= 4 is 0 Å².